The molecule has 0 atom stereocenters. The van der Waals surface area contributed by atoms with Crippen molar-refractivity contribution in [2.45, 2.75) is 0 Å². The van der Waals surface area contributed by atoms with Gasteiger partial charge in [0.05, 0.1) is 10.3 Å². The van der Waals surface area contributed by atoms with Crippen molar-refractivity contribution in [2.24, 2.45) is 0 Å². The van der Waals surface area contributed by atoms with Gasteiger partial charge in [-0.1, -0.05) is 30.3 Å². The maximum Gasteiger partial charge on any atom is 0.303 e. The van der Waals surface area contributed by atoms with Gasteiger partial charge in [0, 0.05) is 34.9 Å². The fourth-order valence-electron chi connectivity index (χ4n) is 2.93. The van der Waals surface area contributed by atoms with E-state index in [1.54, 1.807) is 12.3 Å². The second-order valence-corrected chi connectivity index (χ2v) is 5.26. The second-order valence-electron chi connectivity index (χ2n) is 5.26. The van der Waals surface area contributed by atoms with Crippen molar-refractivity contribution >= 4 is 33.3 Å². The monoisotopic (exact) mass is 317 g/mol. The zero-order valence-corrected chi connectivity index (χ0v) is 12.4. The van der Waals surface area contributed by atoms with Gasteiger partial charge in [-0.05, 0) is 11.6 Å². The first-order valence-electron chi connectivity index (χ1n) is 7.18. The molecular weight excluding hydrogens is 306 g/mol. The van der Waals surface area contributed by atoms with Crippen LogP contribution in [0.2, 0.25) is 0 Å². The minimum atomic E-state index is -0.439. The lowest BCUT2D eigenvalue weighted by atomic mass is 9.94. The third-order valence-corrected chi connectivity index (χ3v) is 3.89. The van der Waals surface area contributed by atoms with Gasteiger partial charge < -0.3 is 5.73 Å². The zero-order valence-electron chi connectivity index (χ0n) is 12.4. The number of non-ortho nitro benzene ring substituents is 1. The average Bonchev–Trinajstić information content (AvgIpc) is 2.59. The Morgan fingerprint density at radius 1 is 1.00 bits per heavy atom. The van der Waals surface area contributed by atoms with Crippen molar-refractivity contribution in [3.63, 3.8) is 0 Å². The topological polar surface area (TPSA) is 108 Å². The molecule has 0 saturated heterocycles. The Morgan fingerprint density at radius 2 is 1.79 bits per heavy atom. The Bertz CT molecular complexity index is 1100. The number of pyridine rings is 1. The Morgan fingerprint density at radius 3 is 2.54 bits per heavy atom. The van der Waals surface area contributed by atoms with E-state index in [1.807, 2.05) is 30.3 Å². The van der Waals surface area contributed by atoms with Crippen LogP contribution in [0.1, 0.15) is 0 Å². The van der Waals surface area contributed by atoms with Gasteiger partial charge in [-0.2, -0.15) is 0 Å². The van der Waals surface area contributed by atoms with E-state index in [9.17, 15) is 10.1 Å². The quantitative estimate of drug-likeness (QED) is 0.345. The molecule has 2 aromatic carbocycles. The summed E-state index contributed by atoms with van der Waals surface area (Å²) in [5.74, 6) is -0.00184. The number of fused-ring (bicyclic) bond motifs is 2. The van der Waals surface area contributed by atoms with E-state index in [4.69, 9.17) is 5.73 Å². The van der Waals surface area contributed by atoms with Crippen LogP contribution in [0.25, 0.3) is 32.8 Å². The number of nitro groups is 1. The van der Waals surface area contributed by atoms with Gasteiger partial charge in [0.1, 0.15) is 0 Å². The van der Waals surface area contributed by atoms with Gasteiger partial charge in [-0.3, -0.25) is 15.1 Å². The van der Waals surface area contributed by atoms with Crippen LogP contribution in [0.15, 0.2) is 55.0 Å². The molecule has 0 bridgehead atoms. The van der Waals surface area contributed by atoms with Crippen LogP contribution >= 0.6 is 0 Å². The van der Waals surface area contributed by atoms with Gasteiger partial charge in [0.2, 0.25) is 5.95 Å². The minimum Gasteiger partial charge on any atom is -0.368 e. The van der Waals surface area contributed by atoms with E-state index in [0.717, 1.165) is 11.1 Å². The Kier molecular flexibility index (Phi) is 3.06. The molecular formula is C17H11N5O2. The summed E-state index contributed by atoms with van der Waals surface area (Å²) < 4.78 is 0. The number of anilines is 1. The van der Waals surface area contributed by atoms with Crippen LogP contribution in [0, 0.1) is 10.1 Å². The fraction of sp³-hybridized carbons (Fsp3) is 0. The lowest BCUT2D eigenvalue weighted by Crippen LogP contribution is -2.00. The molecule has 0 radical (unpaired) electrons. The summed E-state index contributed by atoms with van der Waals surface area (Å²) in [4.78, 5) is 23.5. The summed E-state index contributed by atoms with van der Waals surface area (Å²) in [7, 11) is 0. The molecule has 2 heterocycles. The van der Waals surface area contributed by atoms with E-state index < -0.39 is 4.92 Å². The number of hydrogen-bond donors (Lipinski definition) is 1. The second kappa shape index (κ2) is 5.24. The zero-order chi connectivity index (χ0) is 16.7. The molecule has 4 aromatic rings. The van der Waals surface area contributed by atoms with Crippen LogP contribution in [0.5, 0.6) is 0 Å². The number of nitro benzene ring substituents is 1. The SMILES string of the molecule is Nc1ncc2c(-c3ccccc3)c3cnccc3c([N+](=O)[O-])c2n1. The maximum absolute atomic E-state index is 11.7. The van der Waals surface area contributed by atoms with E-state index in [1.165, 1.54) is 12.4 Å². The number of aromatic nitrogens is 3. The van der Waals surface area contributed by atoms with Crippen molar-refractivity contribution in [1.29, 1.82) is 0 Å². The van der Waals surface area contributed by atoms with Gasteiger partial charge in [0.25, 0.3) is 0 Å². The van der Waals surface area contributed by atoms with E-state index >= 15 is 0 Å². The Hall–Kier alpha value is -3.61. The van der Waals surface area contributed by atoms with Gasteiger partial charge in [-0.25, -0.2) is 9.97 Å². The van der Waals surface area contributed by atoms with Crippen molar-refractivity contribution in [1.82, 2.24) is 15.0 Å². The molecule has 4 rings (SSSR count). The van der Waals surface area contributed by atoms with E-state index in [-0.39, 0.29) is 17.2 Å². The normalized spacial score (nSPS) is 11.0. The first-order chi connectivity index (χ1) is 11.7. The molecule has 0 spiro atoms. The lowest BCUT2D eigenvalue weighted by Gasteiger charge is -2.11. The molecule has 0 unspecified atom stereocenters. The number of benzene rings is 2. The van der Waals surface area contributed by atoms with Crippen molar-refractivity contribution in [3.8, 4) is 11.1 Å². The molecule has 7 nitrogen and oxygen atoms in total. The summed E-state index contributed by atoms with van der Waals surface area (Å²) in [5.41, 5.74) is 7.52. The molecule has 24 heavy (non-hydrogen) atoms. The van der Waals surface area contributed by atoms with Crippen LogP contribution in [-0.4, -0.2) is 19.9 Å². The number of rotatable bonds is 2. The summed E-state index contributed by atoms with van der Waals surface area (Å²) in [5, 5.41) is 13.4. The van der Waals surface area contributed by atoms with Crippen LogP contribution < -0.4 is 5.73 Å². The summed E-state index contributed by atoms with van der Waals surface area (Å²) in [6.07, 6.45) is 4.68. The Balaban J connectivity index is 2.30. The number of nitrogen functional groups attached to an aromatic ring is 1. The molecule has 2 N–H and O–H groups in total. The van der Waals surface area contributed by atoms with Gasteiger partial charge in [-0.15, -0.1) is 0 Å². The standard InChI is InChI=1S/C17H11N5O2/c18-17-20-9-13-14(10-4-2-1-3-5-10)12-8-19-7-6-11(12)16(22(23)24)15(13)21-17/h1-9H,(H2,18,20,21). The molecule has 0 saturated carbocycles. The molecule has 0 aliphatic heterocycles. The van der Waals surface area contributed by atoms with Crippen LogP contribution in [-0.2, 0) is 0 Å². The lowest BCUT2D eigenvalue weighted by molar-refractivity contribution is -0.381. The highest BCUT2D eigenvalue weighted by Gasteiger charge is 2.24. The molecule has 7 heteroatoms. The third kappa shape index (κ3) is 2.03. The van der Waals surface area contributed by atoms with Gasteiger partial charge in [0.15, 0.2) is 5.52 Å². The first kappa shape index (κ1) is 14.0. The van der Waals surface area contributed by atoms with E-state index in [0.29, 0.717) is 16.2 Å². The number of nitrogens with two attached hydrogens (primary N) is 1. The smallest absolute Gasteiger partial charge is 0.303 e. The van der Waals surface area contributed by atoms with E-state index in [2.05, 4.69) is 15.0 Å². The van der Waals surface area contributed by atoms with Crippen molar-refractivity contribution < 1.29 is 4.92 Å². The number of nitrogens with zero attached hydrogens (tertiary/aromatic N) is 4. The van der Waals surface area contributed by atoms with Crippen LogP contribution in [0.4, 0.5) is 11.6 Å². The van der Waals surface area contributed by atoms with Gasteiger partial charge >= 0.3 is 5.69 Å². The number of hydrogen-bond acceptors (Lipinski definition) is 6. The molecule has 2 aromatic heterocycles. The highest BCUT2D eigenvalue weighted by Crippen LogP contribution is 2.41. The predicted molar refractivity (Wildman–Crippen MR) is 91.3 cm³/mol. The van der Waals surface area contributed by atoms with Crippen molar-refractivity contribution in [3.05, 3.63) is 65.1 Å². The van der Waals surface area contributed by atoms with Crippen molar-refractivity contribution in [2.75, 3.05) is 5.73 Å². The summed E-state index contributed by atoms with van der Waals surface area (Å²) in [6.45, 7) is 0. The summed E-state index contributed by atoms with van der Waals surface area (Å²) in [6, 6.07) is 11.2. The minimum absolute atomic E-state index is 0.00184. The average molecular weight is 317 g/mol. The fourth-order valence-corrected chi connectivity index (χ4v) is 2.93. The third-order valence-electron chi connectivity index (χ3n) is 3.89. The molecule has 116 valence electrons. The first-order valence-corrected chi connectivity index (χ1v) is 7.18. The molecule has 0 fully saturated rings. The Labute approximate surface area is 136 Å². The predicted octanol–water partition coefficient (Wildman–Crippen LogP) is 3.34. The molecule has 0 aliphatic rings. The molecule has 0 aliphatic carbocycles. The largest absolute Gasteiger partial charge is 0.368 e. The highest BCUT2D eigenvalue weighted by atomic mass is 16.6. The highest BCUT2D eigenvalue weighted by molar-refractivity contribution is 6.17. The summed E-state index contributed by atoms with van der Waals surface area (Å²) >= 11 is 0. The maximum atomic E-state index is 11.7. The molecule has 0 amide bonds. The van der Waals surface area contributed by atoms with Crippen LogP contribution in [0.3, 0.4) is 0 Å².